The monoisotopic (exact) mass is 357 g/mol. The third-order valence-corrected chi connectivity index (χ3v) is 4.41. The van der Waals surface area contributed by atoms with E-state index in [-0.39, 0.29) is 0 Å². The van der Waals surface area contributed by atoms with Crippen LogP contribution in [-0.2, 0) is 22.4 Å². The highest BCUT2D eigenvalue weighted by atomic mass is 16.5. The second kappa shape index (κ2) is 8.49. The van der Waals surface area contributed by atoms with Crippen molar-refractivity contribution in [3.63, 3.8) is 0 Å². The predicted octanol–water partition coefficient (Wildman–Crippen LogP) is 2.59. The van der Waals surface area contributed by atoms with Gasteiger partial charge in [0.05, 0.1) is 7.11 Å². The first-order chi connectivity index (χ1) is 12.3. The van der Waals surface area contributed by atoms with Gasteiger partial charge in [0.25, 0.3) is 0 Å². The SMILES string of the molecule is COc1ccc2cccc3c2c1CC(N(C)C)C3.O=C(O)/C=C\C(=O)O. The molecule has 0 aromatic heterocycles. The molecular weight excluding hydrogens is 334 g/mol. The molecule has 1 unspecified atom stereocenters. The largest absolute Gasteiger partial charge is 0.496 e. The van der Waals surface area contributed by atoms with Crippen LogP contribution in [0, 0.1) is 0 Å². The Morgan fingerprint density at radius 2 is 1.73 bits per heavy atom. The van der Waals surface area contributed by atoms with Gasteiger partial charge < -0.3 is 19.8 Å². The van der Waals surface area contributed by atoms with Crippen molar-refractivity contribution >= 4 is 22.7 Å². The third kappa shape index (κ3) is 4.61. The van der Waals surface area contributed by atoms with E-state index in [9.17, 15) is 9.59 Å². The Kier molecular flexibility index (Phi) is 6.36. The number of aliphatic carboxylic acids is 2. The number of carbonyl (C=O) groups is 2. The maximum absolute atomic E-state index is 9.55. The number of carboxylic acids is 2. The first-order valence-corrected chi connectivity index (χ1v) is 8.21. The highest BCUT2D eigenvalue weighted by Gasteiger charge is 2.24. The lowest BCUT2D eigenvalue weighted by Crippen LogP contribution is -2.34. The Labute approximate surface area is 152 Å². The third-order valence-electron chi connectivity index (χ3n) is 4.41. The molecule has 1 aliphatic carbocycles. The number of methoxy groups -OCH3 is 1. The van der Waals surface area contributed by atoms with Gasteiger partial charge >= 0.3 is 11.9 Å². The molecule has 1 atom stereocenters. The van der Waals surface area contributed by atoms with Crippen LogP contribution in [-0.4, -0.2) is 54.3 Å². The summed E-state index contributed by atoms with van der Waals surface area (Å²) in [4.78, 5) is 21.4. The fraction of sp³-hybridized carbons (Fsp3) is 0.300. The zero-order chi connectivity index (χ0) is 19.3. The summed E-state index contributed by atoms with van der Waals surface area (Å²) in [5, 5.41) is 18.4. The number of hydrogen-bond acceptors (Lipinski definition) is 4. The van der Waals surface area contributed by atoms with Crippen LogP contribution in [0.2, 0.25) is 0 Å². The van der Waals surface area contributed by atoms with Gasteiger partial charge in [0.15, 0.2) is 0 Å². The van der Waals surface area contributed by atoms with Gasteiger partial charge in [0.1, 0.15) is 5.75 Å². The zero-order valence-corrected chi connectivity index (χ0v) is 15.1. The summed E-state index contributed by atoms with van der Waals surface area (Å²) in [6.45, 7) is 0. The van der Waals surface area contributed by atoms with Crippen molar-refractivity contribution < 1.29 is 24.5 Å². The van der Waals surface area contributed by atoms with Crippen LogP contribution in [0.5, 0.6) is 5.75 Å². The van der Waals surface area contributed by atoms with Crippen LogP contribution in [0.15, 0.2) is 42.5 Å². The molecule has 0 radical (unpaired) electrons. The van der Waals surface area contributed by atoms with Crippen molar-refractivity contribution in [1.82, 2.24) is 4.90 Å². The predicted molar refractivity (Wildman–Crippen MR) is 99.8 cm³/mol. The number of likely N-dealkylation sites (N-methyl/N-ethyl adjacent to an activating group) is 1. The molecular formula is C20H23NO5. The smallest absolute Gasteiger partial charge is 0.328 e. The van der Waals surface area contributed by atoms with E-state index in [2.05, 4.69) is 49.3 Å². The molecule has 0 saturated carbocycles. The van der Waals surface area contributed by atoms with Crippen LogP contribution >= 0.6 is 0 Å². The molecule has 26 heavy (non-hydrogen) atoms. The van der Waals surface area contributed by atoms with Gasteiger partial charge in [0, 0.05) is 23.8 Å². The highest BCUT2D eigenvalue weighted by Crippen LogP contribution is 2.36. The van der Waals surface area contributed by atoms with E-state index < -0.39 is 11.9 Å². The van der Waals surface area contributed by atoms with E-state index >= 15 is 0 Å². The molecule has 6 nitrogen and oxygen atoms in total. The number of nitrogens with zero attached hydrogens (tertiary/aromatic N) is 1. The molecule has 2 N–H and O–H groups in total. The fourth-order valence-electron chi connectivity index (χ4n) is 3.15. The second-order valence-electron chi connectivity index (χ2n) is 6.30. The minimum Gasteiger partial charge on any atom is -0.496 e. The minimum absolute atomic E-state index is 0.558. The lowest BCUT2D eigenvalue weighted by Gasteiger charge is -2.31. The molecule has 0 amide bonds. The van der Waals surface area contributed by atoms with E-state index in [1.165, 1.54) is 21.9 Å². The topological polar surface area (TPSA) is 87.1 Å². The number of carboxylic acid groups (broad SMARTS) is 2. The van der Waals surface area contributed by atoms with Gasteiger partial charge in [-0.15, -0.1) is 0 Å². The lowest BCUT2D eigenvalue weighted by molar-refractivity contribution is -0.134. The number of ether oxygens (including phenoxy) is 1. The maximum Gasteiger partial charge on any atom is 0.328 e. The molecule has 6 heteroatoms. The summed E-state index contributed by atoms with van der Waals surface area (Å²) < 4.78 is 5.54. The average Bonchev–Trinajstić information content (AvgIpc) is 2.61. The Bertz CT molecular complexity index is 825. The fourth-order valence-corrected chi connectivity index (χ4v) is 3.15. The summed E-state index contributed by atoms with van der Waals surface area (Å²) in [7, 11) is 6.08. The van der Waals surface area contributed by atoms with Crippen molar-refractivity contribution in [2.45, 2.75) is 18.9 Å². The summed E-state index contributed by atoms with van der Waals surface area (Å²) >= 11 is 0. The summed E-state index contributed by atoms with van der Waals surface area (Å²) in [6.07, 6.45) is 3.32. The Hall–Kier alpha value is -2.86. The Balaban J connectivity index is 0.000000260. The van der Waals surface area contributed by atoms with Crippen LogP contribution in [0.3, 0.4) is 0 Å². The van der Waals surface area contributed by atoms with Gasteiger partial charge in [-0.25, -0.2) is 9.59 Å². The second-order valence-corrected chi connectivity index (χ2v) is 6.30. The van der Waals surface area contributed by atoms with Gasteiger partial charge in [-0.3, -0.25) is 0 Å². The van der Waals surface area contributed by atoms with Gasteiger partial charge in [0.2, 0.25) is 0 Å². The molecule has 0 heterocycles. The molecule has 2 aromatic carbocycles. The summed E-state index contributed by atoms with van der Waals surface area (Å²) in [6, 6.07) is 11.4. The number of hydrogen-bond donors (Lipinski definition) is 2. The van der Waals surface area contributed by atoms with Crippen molar-refractivity contribution in [3.05, 3.63) is 53.6 Å². The van der Waals surface area contributed by atoms with Crippen LogP contribution < -0.4 is 4.74 Å². The van der Waals surface area contributed by atoms with Crippen LogP contribution in [0.1, 0.15) is 11.1 Å². The highest BCUT2D eigenvalue weighted by molar-refractivity contribution is 5.91. The summed E-state index contributed by atoms with van der Waals surface area (Å²) in [5.41, 5.74) is 2.82. The van der Waals surface area contributed by atoms with Crippen LogP contribution in [0.25, 0.3) is 10.8 Å². The van der Waals surface area contributed by atoms with Gasteiger partial charge in [-0.1, -0.05) is 24.3 Å². The molecule has 2 aromatic rings. The van der Waals surface area contributed by atoms with Gasteiger partial charge in [-0.05, 0) is 49.3 Å². The molecule has 0 saturated heterocycles. The van der Waals surface area contributed by atoms with Gasteiger partial charge in [-0.2, -0.15) is 0 Å². The first kappa shape index (κ1) is 19.5. The standard InChI is InChI=1S/C16H19NO.C4H4O4/c1-17(2)13-9-12-6-4-5-11-7-8-15(18-3)14(10-13)16(11)12;5-3(6)1-2-4(7)8/h4-8,13H,9-10H2,1-3H3;1-2H,(H,5,6)(H,7,8)/b;2-1-. The van der Waals surface area contributed by atoms with Crippen molar-refractivity contribution in [2.24, 2.45) is 0 Å². The minimum atomic E-state index is -1.26. The average molecular weight is 357 g/mol. The quantitative estimate of drug-likeness (QED) is 0.818. The van der Waals surface area contributed by atoms with E-state index in [4.69, 9.17) is 14.9 Å². The lowest BCUT2D eigenvalue weighted by atomic mass is 9.85. The molecule has 0 spiro atoms. The molecule has 0 bridgehead atoms. The van der Waals surface area contributed by atoms with Crippen molar-refractivity contribution in [1.29, 1.82) is 0 Å². The van der Waals surface area contributed by atoms with Crippen LogP contribution in [0.4, 0.5) is 0 Å². The van der Waals surface area contributed by atoms with E-state index in [1.807, 2.05) is 0 Å². The Morgan fingerprint density at radius 1 is 1.08 bits per heavy atom. The maximum atomic E-state index is 9.55. The number of benzene rings is 2. The normalized spacial score (nSPS) is 15.6. The van der Waals surface area contributed by atoms with E-state index in [0.717, 1.165) is 18.6 Å². The van der Waals surface area contributed by atoms with Crippen molar-refractivity contribution in [3.8, 4) is 5.75 Å². The molecule has 1 aliphatic rings. The summed E-state index contributed by atoms with van der Waals surface area (Å²) in [5.74, 6) is -1.48. The van der Waals surface area contributed by atoms with E-state index in [1.54, 1.807) is 7.11 Å². The molecule has 138 valence electrons. The molecule has 3 rings (SSSR count). The molecule has 0 fully saturated rings. The molecule has 0 aliphatic heterocycles. The van der Waals surface area contributed by atoms with Crippen molar-refractivity contribution in [2.75, 3.05) is 21.2 Å². The first-order valence-electron chi connectivity index (χ1n) is 8.21. The Morgan fingerprint density at radius 3 is 2.27 bits per heavy atom. The van der Waals surface area contributed by atoms with E-state index in [0.29, 0.717) is 18.2 Å². The zero-order valence-electron chi connectivity index (χ0n) is 15.1. The number of rotatable bonds is 4.